The number of aromatic amines is 1. The van der Waals surface area contributed by atoms with Crippen LogP contribution in [0.5, 0.6) is 0 Å². The molecule has 1 aliphatic heterocycles. The first-order valence-corrected chi connectivity index (χ1v) is 10.8. The van der Waals surface area contributed by atoms with Crippen molar-refractivity contribution in [3.05, 3.63) is 32.9 Å². The van der Waals surface area contributed by atoms with Crippen LogP contribution in [-0.4, -0.2) is 50.1 Å². The number of ketones is 2. The molecule has 10 heteroatoms. The van der Waals surface area contributed by atoms with Gasteiger partial charge in [-0.3, -0.25) is 23.9 Å². The third kappa shape index (κ3) is 5.02. The van der Waals surface area contributed by atoms with Gasteiger partial charge in [-0.15, -0.1) is 0 Å². The maximum Gasteiger partial charge on any atom is 0.331 e. The number of H-pyrrole nitrogens is 1. The van der Waals surface area contributed by atoms with Crippen molar-refractivity contribution in [1.29, 1.82) is 0 Å². The minimum absolute atomic E-state index is 0.0155. The van der Waals surface area contributed by atoms with Gasteiger partial charge < -0.3 is 14.9 Å². The van der Waals surface area contributed by atoms with Crippen molar-refractivity contribution in [2.45, 2.75) is 83.1 Å². The number of aliphatic hydroxyl groups excluding tert-OH is 2. The summed E-state index contributed by atoms with van der Waals surface area (Å²) in [4.78, 5) is 52.4. The van der Waals surface area contributed by atoms with Gasteiger partial charge in [-0.05, 0) is 12.8 Å². The van der Waals surface area contributed by atoms with Gasteiger partial charge >= 0.3 is 5.69 Å². The molecule has 2 heterocycles. The molecule has 3 N–H and O–H groups in total. The van der Waals surface area contributed by atoms with Gasteiger partial charge in [-0.2, -0.15) is 4.39 Å². The zero-order chi connectivity index (χ0) is 23.2. The first kappa shape index (κ1) is 25.1. The Hall–Kier alpha value is -2.17. The Morgan fingerprint density at radius 1 is 1.16 bits per heavy atom. The number of nitrogens with one attached hydrogen (secondary N) is 1. The molecule has 1 aromatic rings. The van der Waals surface area contributed by atoms with Crippen LogP contribution in [0.4, 0.5) is 4.39 Å². The molecule has 9 nitrogen and oxygen atoms in total. The lowest BCUT2D eigenvalue weighted by atomic mass is 9.81. The molecule has 1 saturated heterocycles. The predicted molar refractivity (Wildman–Crippen MR) is 109 cm³/mol. The van der Waals surface area contributed by atoms with Gasteiger partial charge in [0.1, 0.15) is 17.8 Å². The summed E-state index contributed by atoms with van der Waals surface area (Å²) >= 11 is 0. The number of unbranched alkanes of at least 4 members (excludes halogenated alkanes) is 4. The number of aromatic nitrogens is 2. The van der Waals surface area contributed by atoms with Crippen molar-refractivity contribution in [3.63, 3.8) is 0 Å². The lowest BCUT2D eigenvalue weighted by molar-refractivity contribution is -0.172. The van der Waals surface area contributed by atoms with E-state index in [4.69, 9.17) is 4.74 Å². The molecule has 0 bridgehead atoms. The van der Waals surface area contributed by atoms with Crippen molar-refractivity contribution >= 4 is 11.6 Å². The largest absolute Gasteiger partial charge is 0.394 e. The number of nitrogens with zero attached hydrogens (tertiary/aromatic N) is 1. The normalized spacial score (nSPS) is 25.6. The van der Waals surface area contributed by atoms with E-state index in [1.807, 2.05) is 13.8 Å². The first-order valence-electron chi connectivity index (χ1n) is 10.8. The summed E-state index contributed by atoms with van der Waals surface area (Å²) in [5, 5.41) is 20.4. The third-order valence-corrected chi connectivity index (χ3v) is 5.69. The van der Waals surface area contributed by atoms with Crippen LogP contribution in [0.3, 0.4) is 0 Å². The summed E-state index contributed by atoms with van der Waals surface area (Å²) in [6, 6.07) is 0. The van der Waals surface area contributed by atoms with E-state index in [1.54, 1.807) is 4.98 Å². The van der Waals surface area contributed by atoms with E-state index in [2.05, 4.69) is 0 Å². The number of rotatable bonds is 12. The molecule has 31 heavy (non-hydrogen) atoms. The summed E-state index contributed by atoms with van der Waals surface area (Å²) in [6.45, 7) is 3.16. The summed E-state index contributed by atoms with van der Waals surface area (Å²) in [6.07, 6.45) is 1.52. The highest BCUT2D eigenvalue weighted by Crippen LogP contribution is 2.43. The van der Waals surface area contributed by atoms with Crippen molar-refractivity contribution in [3.8, 4) is 0 Å². The Balaban J connectivity index is 2.66. The summed E-state index contributed by atoms with van der Waals surface area (Å²) in [5.41, 5.74) is -4.78. The fraction of sp³-hybridized carbons (Fsp3) is 0.714. The molecule has 4 atom stereocenters. The second kappa shape index (κ2) is 10.9. The topological polar surface area (TPSA) is 139 Å². The highest BCUT2D eigenvalue weighted by Gasteiger charge is 2.62. The number of hydrogen-bond donors (Lipinski definition) is 3. The molecule has 0 spiro atoms. The van der Waals surface area contributed by atoms with Crippen molar-refractivity contribution in [2.24, 2.45) is 5.92 Å². The van der Waals surface area contributed by atoms with Crippen LogP contribution in [0.2, 0.25) is 0 Å². The number of halogens is 1. The minimum atomic E-state index is -2.36. The molecule has 0 amide bonds. The van der Waals surface area contributed by atoms with Gasteiger partial charge in [-0.25, -0.2) is 4.79 Å². The smallest absolute Gasteiger partial charge is 0.331 e. The van der Waals surface area contributed by atoms with Crippen LogP contribution in [0, 0.1) is 11.7 Å². The maximum absolute atomic E-state index is 14.1. The molecule has 1 aromatic heterocycles. The average molecular weight is 442 g/mol. The van der Waals surface area contributed by atoms with E-state index in [0.29, 0.717) is 30.0 Å². The first-order chi connectivity index (χ1) is 14.7. The highest BCUT2D eigenvalue weighted by molar-refractivity contribution is 5.94. The molecule has 1 unspecified atom stereocenters. The van der Waals surface area contributed by atoms with Crippen molar-refractivity contribution in [1.82, 2.24) is 9.55 Å². The lowest BCUT2D eigenvalue weighted by Gasteiger charge is -2.34. The molecule has 174 valence electrons. The maximum atomic E-state index is 14.1. The zero-order valence-corrected chi connectivity index (χ0v) is 17.9. The average Bonchev–Trinajstić information content (AvgIpc) is 3.04. The molecule has 1 aliphatic rings. The Morgan fingerprint density at radius 3 is 2.35 bits per heavy atom. The quantitative estimate of drug-likeness (QED) is 0.410. The van der Waals surface area contributed by atoms with Gasteiger partial charge in [0.05, 0.1) is 18.9 Å². The van der Waals surface area contributed by atoms with Gasteiger partial charge in [0.2, 0.25) is 11.5 Å². The Kier molecular flexibility index (Phi) is 8.84. The number of aliphatic hydroxyl groups is 2. The van der Waals surface area contributed by atoms with Gasteiger partial charge in [0.25, 0.3) is 5.56 Å². The van der Waals surface area contributed by atoms with Crippen LogP contribution in [0.25, 0.3) is 0 Å². The van der Waals surface area contributed by atoms with Crippen LogP contribution in [-0.2, 0) is 20.1 Å². The number of carbonyl (C=O) groups is 2. The molecule has 0 radical (unpaired) electrons. The van der Waals surface area contributed by atoms with Gasteiger partial charge in [0.15, 0.2) is 5.78 Å². The molecular weight excluding hydrogens is 411 g/mol. The van der Waals surface area contributed by atoms with Crippen molar-refractivity contribution in [2.75, 3.05) is 6.61 Å². The third-order valence-electron chi connectivity index (χ3n) is 5.69. The number of hydrogen-bond acceptors (Lipinski definition) is 7. The second-order valence-electron chi connectivity index (χ2n) is 7.91. The van der Waals surface area contributed by atoms with E-state index in [1.165, 1.54) is 0 Å². The summed E-state index contributed by atoms with van der Waals surface area (Å²) < 4.78 is 20.4. The van der Waals surface area contributed by atoms with E-state index in [9.17, 15) is 33.8 Å². The fourth-order valence-electron chi connectivity index (χ4n) is 4.07. The minimum Gasteiger partial charge on any atom is -0.394 e. The van der Waals surface area contributed by atoms with Crippen LogP contribution in [0.15, 0.2) is 15.8 Å². The van der Waals surface area contributed by atoms with E-state index < -0.39 is 59.1 Å². The zero-order valence-electron chi connectivity index (χ0n) is 17.9. The highest BCUT2D eigenvalue weighted by atomic mass is 19.1. The van der Waals surface area contributed by atoms with E-state index in [-0.39, 0.29) is 12.8 Å². The monoisotopic (exact) mass is 442 g/mol. The second-order valence-corrected chi connectivity index (χ2v) is 7.91. The molecule has 0 saturated carbocycles. The number of ether oxygens (including phenoxy) is 1. The van der Waals surface area contributed by atoms with Gasteiger partial charge in [-0.1, -0.05) is 39.5 Å². The Labute approximate surface area is 179 Å². The lowest BCUT2D eigenvalue weighted by Crippen LogP contribution is -2.56. The standard InChI is InChI=1S/C21H31FN2O7/c1-3-5-7-9-14(26)17-18(28)15(12-25)31-21(17,16(27)10-8-6-4-2)24-11-13(22)19(29)23-20(24)30/h11,15,17-18,25,28H,3-10,12H2,1-2H3,(H,23,29,30)/t15-,17?,18-,21-/m1/s1. The molecule has 2 rings (SSSR count). The van der Waals surface area contributed by atoms with Crippen molar-refractivity contribution < 1.29 is 28.9 Å². The summed E-state index contributed by atoms with van der Waals surface area (Å²) in [5.74, 6) is -4.10. The molecular formula is C21H31FN2O7. The van der Waals surface area contributed by atoms with Crippen LogP contribution < -0.4 is 11.2 Å². The van der Waals surface area contributed by atoms with Crippen LogP contribution >= 0.6 is 0 Å². The SMILES string of the molecule is CCCCCC(=O)C1[C@H](O)[C@@H](CO)O[C@@]1(C(=O)CCCCC)n1cc(F)c(=O)[nH]c1=O. The number of Topliss-reactive ketones (excluding diaryl/α,β-unsaturated/α-hetero) is 2. The Morgan fingerprint density at radius 2 is 1.77 bits per heavy atom. The fourth-order valence-corrected chi connectivity index (χ4v) is 4.07. The Bertz CT molecular complexity index is 896. The molecule has 0 aromatic carbocycles. The number of carbonyl (C=O) groups excluding carboxylic acids is 2. The van der Waals surface area contributed by atoms with Gasteiger partial charge in [0, 0.05) is 12.8 Å². The molecule has 1 fully saturated rings. The summed E-state index contributed by atoms with van der Waals surface area (Å²) in [7, 11) is 0. The predicted octanol–water partition coefficient (Wildman–Crippen LogP) is 0.995. The van der Waals surface area contributed by atoms with E-state index in [0.717, 1.165) is 19.3 Å². The van der Waals surface area contributed by atoms with E-state index >= 15 is 0 Å². The molecule has 0 aliphatic carbocycles. The van der Waals surface area contributed by atoms with Crippen LogP contribution in [0.1, 0.15) is 65.2 Å².